The number of halogens is 1. The van der Waals surface area contributed by atoms with Crippen molar-refractivity contribution in [2.45, 2.75) is 13.8 Å². The van der Waals surface area contributed by atoms with Crippen LogP contribution in [-0.2, 0) is 0 Å². The molecule has 0 aliphatic rings. The van der Waals surface area contributed by atoms with Crippen LogP contribution in [0.5, 0.6) is 5.75 Å². The zero-order chi connectivity index (χ0) is 16.3. The van der Waals surface area contributed by atoms with Crippen LogP contribution in [0.4, 0.5) is 11.6 Å². The van der Waals surface area contributed by atoms with Crippen molar-refractivity contribution in [3.63, 3.8) is 0 Å². The molecule has 0 aliphatic heterocycles. The smallest absolute Gasteiger partial charge is 0.312 e. The number of nitro benzene ring substituents is 1. The van der Waals surface area contributed by atoms with E-state index in [-0.39, 0.29) is 16.5 Å². The number of phenolic OH excluding ortho intramolecular Hbond substituents is 1. The summed E-state index contributed by atoms with van der Waals surface area (Å²) in [5.74, 6) is -0.231. The Balaban J connectivity index is 2.25. The molecule has 0 spiro atoms. The molecule has 1 aromatic heterocycles. The minimum atomic E-state index is -0.723. The predicted molar refractivity (Wildman–Crippen MR) is 82.5 cm³/mol. The van der Waals surface area contributed by atoms with Crippen molar-refractivity contribution >= 4 is 29.5 Å². The Morgan fingerprint density at radius 1 is 1.32 bits per heavy atom. The van der Waals surface area contributed by atoms with E-state index >= 15 is 0 Å². The Labute approximate surface area is 130 Å². The zero-order valence-electron chi connectivity index (χ0n) is 11.7. The second-order valence-corrected chi connectivity index (χ2v) is 4.90. The number of hydrogen-bond donors (Lipinski definition) is 2. The number of phenols is 1. The molecule has 1 heterocycles. The topological polar surface area (TPSA) is 114 Å². The molecule has 114 valence electrons. The molecule has 0 unspecified atom stereocenters. The average molecular weight is 322 g/mol. The van der Waals surface area contributed by atoms with Crippen LogP contribution in [-0.4, -0.2) is 26.2 Å². The number of hydrazone groups is 1. The van der Waals surface area contributed by atoms with Crippen molar-refractivity contribution < 1.29 is 10.0 Å². The number of nitrogens with zero attached hydrogens (tertiary/aromatic N) is 4. The summed E-state index contributed by atoms with van der Waals surface area (Å²) in [6.45, 7) is 3.63. The van der Waals surface area contributed by atoms with Crippen molar-refractivity contribution in [3.8, 4) is 5.75 Å². The Morgan fingerprint density at radius 2 is 1.95 bits per heavy atom. The molecular formula is C13H12ClN5O3. The maximum atomic E-state index is 10.8. The lowest BCUT2D eigenvalue weighted by Crippen LogP contribution is -2.00. The lowest BCUT2D eigenvalue weighted by atomic mass is 10.2. The van der Waals surface area contributed by atoms with E-state index in [4.69, 9.17) is 11.6 Å². The SMILES string of the molecule is Cc1cc(C)nc(N/N=C\c2cc(Cl)cc([N+](=O)[O-])c2O)n1. The molecule has 0 amide bonds. The first kappa shape index (κ1) is 15.6. The third-order valence-corrected chi connectivity index (χ3v) is 2.85. The molecule has 0 saturated carbocycles. The standard InChI is InChI=1S/C13H12ClN5O3/c1-7-3-8(2)17-13(16-7)18-15-6-9-4-10(14)5-11(12(9)20)19(21)22/h3-6,20H,1-2H3,(H,16,17,18)/b15-6-. The van der Waals surface area contributed by atoms with Crippen LogP contribution >= 0.6 is 11.6 Å². The fourth-order valence-electron chi connectivity index (χ4n) is 1.78. The minimum absolute atomic E-state index is 0.107. The van der Waals surface area contributed by atoms with Crippen LogP contribution < -0.4 is 5.43 Å². The molecule has 2 N–H and O–H groups in total. The van der Waals surface area contributed by atoms with Gasteiger partial charge in [0.1, 0.15) is 0 Å². The summed E-state index contributed by atoms with van der Waals surface area (Å²) in [7, 11) is 0. The van der Waals surface area contributed by atoms with Crippen molar-refractivity contribution in [3.05, 3.63) is 50.3 Å². The molecule has 2 rings (SSSR count). The molecule has 9 heteroatoms. The van der Waals surface area contributed by atoms with Crippen LogP contribution in [0.15, 0.2) is 23.3 Å². The van der Waals surface area contributed by atoms with Crippen LogP contribution in [0.2, 0.25) is 5.02 Å². The van der Waals surface area contributed by atoms with Crippen LogP contribution in [0.25, 0.3) is 0 Å². The molecule has 8 nitrogen and oxygen atoms in total. The van der Waals surface area contributed by atoms with Gasteiger partial charge in [-0.1, -0.05) is 11.6 Å². The van der Waals surface area contributed by atoms with E-state index in [0.29, 0.717) is 0 Å². The predicted octanol–water partition coefficient (Wildman–Crippen LogP) is 2.81. The molecule has 22 heavy (non-hydrogen) atoms. The second kappa shape index (κ2) is 6.35. The zero-order valence-corrected chi connectivity index (χ0v) is 12.5. The van der Waals surface area contributed by atoms with Crippen LogP contribution in [0.1, 0.15) is 17.0 Å². The third-order valence-electron chi connectivity index (χ3n) is 2.63. The summed E-state index contributed by atoms with van der Waals surface area (Å²) >= 11 is 5.78. The third kappa shape index (κ3) is 3.67. The highest BCUT2D eigenvalue weighted by Gasteiger charge is 2.17. The largest absolute Gasteiger partial charge is 0.502 e. The van der Waals surface area contributed by atoms with Gasteiger partial charge in [0.15, 0.2) is 0 Å². The number of anilines is 1. The van der Waals surface area contributed by atoms with E-state index in [9.17, 15) is 15.2 Å². The summed E-state index contributed by atoms with van der Waals surface area (Å²) in [5, 5.41) is 24.6. The molecule has 2 aromatic rings. The van der Waals surface area contributed by atoms with Crippen molar-refractivity contribution in [1.29, 1.82) is 0 Å². The number of hydrogen-bond acceptors (Lipinski definition) is 7. The Bertz CT molecular complexity index is 743. The number of nitrogens with one attached hydrogen (secondary N) is 1. The average Bonchev–Trinajstić information content (AvgIpc) is 2.40. The lowest BCUT2D eigenvalue weighted by Gasteiger charge is -2.03. The van der Waals surface area contributed by atoms with Gasteiger partial charge in [0.05, 0.1) is 11.1 Å². The Hall–Kier alpha value is -2.74. The summed E-state index contributed by atoms with van der Waals surface area (Å²) in [6, 6.07) is 4.23. The van der Waals surface area contributed by atoms with Gasteiger partial charge in [-0.15, -0.1) is 0 Å². The maximum absolute atomic E-state index is 10.8. The molecule has 0 saturated heterocycles. The Kier molecular flexibility index (Phi) is 4.52. The summed E-state index contributed by atoms with van der Waals surface area (Å²) in [4.78, 5) is 18.3. The molecule has 0 aliphatic carbocycles. The highest BCUT2D eigenvalue weighted by Crippen LogP contribution is 2.32. The Morgan fingerprint density at radius 3 is 2.55 bits per heavy atom. The number of benzene rings is 1. The quantitative estimate of drug-likeness (QED) is 0.508. The second-order valence-electron chi connectivity index (χ2n) is 4.46. The van der Waals surface area contributed by atoms with Gasteiger partial charge in [0.2, 0.25) is 11.7 Å². The van der Waals surface area contributed by atoms with Crippen molar-refractivity contribution in [2.24, 2.45) is 5.10 Å². The number of aryl methyl sites for hydroxylation is 2. The van der Waals surface area contributed by atoms with Crippen molar-refractivity contribution in [1.82, 2.24) is 9.97 Å². The van der Waals surface area contributed by atoms with E-state index in [0.717, 1.165) is 17.5 Å². The minimum Gasteiger partial charge on any atom is -0.502 e. The molecular weight excluding hydrogens is 310 g/mol. The summed E-state index contributed by atoms with van der Waals surface area (Å²) in [6.07, 6.45) is 1.20. The van der Waals surface area contributed by atoms with E-state index < -0.39 is 16.4 Å². The van der Waals surface area contributed by atoms with Crippen LogP contribution in [0, 0.1) is 24.0 Å². The lowest BCUT2D eigenvalue weighted by molar-refractivity contribution is -0.385. The molecule has 0 fully saturated rings. The highest BCUT2D eigenvalue weighted by atomic mass is 35.5. The van der Waals surface area contributed by atoms with Gasteiger partial charge in [-0.3, -0.25) is 10.1 Å². The van der Waals surface area contributed by atoms with E-state index in [1.165, 1.54) is 12.3 Å². The van der Waals surface area contributed by atoms with Gasteiger partial charge in [-0.05, 0) is 26.0 Å². The first-order valence-electron chi connectivity index (χ1n) is 6.15. The van der Waals surface area contributed by atoms with Gasteiger partial charge < -0.3 is 5.11 Å². The number of aromatic nitrogens is 2. The van der Waals surface area contributed by atoms with Crippen molar-refractivity contribution in [2.75, 3.05) is 5.43 Å². The van der Waals surface area contributed by atoms with Gasteiger partial charge in [0.25, 0.3) is 0 Å². The highest BCUT2D eigenvalue weighted by molar-refractivity contribution is 6.31. The van der Waals surface area contributed by atoms with E-state index in [1.54, 1.807) is 6.07 Å². The van der Waals surface area contributed by atoms with E-state index in [2.05, 4.69) is 20.5 Å². The van der Waals surface area contributed by atoms with Gasteiger partial charge in [-0.2, -0.15) is 5.10 Å². The first-order chi connectivity index (χ1) is 10.4. The van der Waals surface area contributed by atoms with Gasteiger partial charge in [0, 0.05) is 28.0 Å². The summed E-state index contributed by atoms with van der Waals surface area (Å²) in [5.41, 5.74) is 3.75. The fraction of sp³-hybridized carbons (Fsp3) is 0.154. The normalized spacial score (nSPS) is 10.9. The molecule has 1 aromatic carbocycles. The van der Waals surface area contributed by atoms with Crippen LogP contribution in [0.3, 0.4) is 0 Å². The number of rotatable bonds is 4. The number of nitro groups is 1. The summed E-state index contributed by atoms with van der Waals surface area (Å²) < 4.78 is 0. The monoisotopic (exact) mass is 321 g/mol. The van der Waals surface area contributed by atoms with Gasteiger partial charge >= 0.3 is 5.69 Å². The molecule has 0 radical (unpaired) electrons. The number of aromatic hydroxyl groups is 1. The molecule has 0 atom stereocenters. The molecule has 0 bridgehead atoms. The first-order valence-corrected chi connectivity index (χ1v) is 6.53. The fourth-order valence-corrected chi connectivity index (χ4v) is 2.00. The maximum Gasteiger partial charge on any atom is 0.312 e. The van der Waals surface area contributed by atoms with E-state index in [1.807, 2.05) is 13.8 Å². The van der Waals surface area contributed by atoms with Gasteiger partial charge in [-0.25, -0.2) is 15.4 Å².